The van der Waals surface area contributed by atoms with Crippen LogP contribution in [0.25, 0.3) is 0 Å². The minimum atomic E-state index is -0.583. The van der Waals surface area contributed by atoms with Crippen molar-refractivity contribution >= 4 is 17.6 Å². The largest absolute Gasteiger partial charge is 0.452 e. The summed E-state index contributed by atoms with van der Waals surface area (Å²) in [5.74, 6) is 1.22. The number of carbonyl (C=O) groups is 2. The monoisotopic (exact) mass is 232 g/mol. The summed E-state index contributed by atoms with van der Waals surface area (Å²) in [6, 6.07) is 6.21. The van der Waals surface area contributed by atoms with Crippen LogP contribution in [-0.2, 0) is 9.53 Å². The Bertz CT molecular complexity index is 446. The minimum Gasteiger partial charge on any atom is -0.452 e. The van der Waals surface area contributed by atoms with Crippen LogP contribution in [0.15, 0.2) is 24.3 Å². The minimum absolute atomic E-state index is 0.109. The molecule has 0 heterocycles. The average molecular weight is 232 g/mol. The Labute approximate surface area is 98.9 Å². The van der Waals surface area contributed by atoms with Crippen LogP contribution in [0.2, 0.25) is 0 Å². The molecule has 1 rings (SSSR count). The van der Waals surface area contributed by atoms with E-state index in [1.54, 1.807) is 12.1 Å². The lowest BCUT2D eigenvalue weighted by atomic mass is 10.2. The number of nitrogen functional groups attached to an aromatic ring is 1. The summed E-state index contributed by atoms with van der Waals surface area (Å²) in [6.45, 7) is -0.247. The number of terminal acetylenes is 1. The molecule has 88 valence electrons. The number of benzene rings is 1. The van der Waals surface area contributed by atoms with Gasteiger partial charge in [0.25, 0.3) is 5.91 Å². The number of carbonyl (C=O) groups excluding carboxylic acids is 2. The maximum atomic E-state index is 11.5. The number of nitrogens with one attached hydrogen (secondary N) is 1. The van der Waals surface area contributed by atoms with Gasteiger partial charge in [-0.1, -0.05) is 5.92 Å². The van der Waals surface area contributed by atoms with Crippen molar-refractivity contribution in [2.24, 2.45) is 0 Å². The van der Waals surface area contributed by atoms with Crippen LogP contribution in [0, 0.1) is 12.3 Å². The molecular weight excluding hydrogens is 220 g/mol. The van der Waals surface area contributed by atoms with Crippen molar-refractivity contribution in [2.75, 3.05) is 18.9 Å². The quantitative estimate of drug-likeness (QED) is 0.440. The first-order valence-electron chi connectivity index (χ1n) is 4.86. The maximum absolute atomic E-state index is 11.5. The fourth-order valence-electron chi connectivity index (χ4n) is 1.03. The third-order valence-corrected chi connectivity index (χ3v) is 1.87. The van der Waals surface area contributed by atoms with Crippen molar-refractivity contribution in [3.63, 3.8) is 0 Å². The number of hydrogen-bond acceptors (Lipinski definition) is 4. The Morgan fingerprint density at radius 2 is 2.00 bits per heavy atom. The van der Waals surface area contributed by atoms with Gasteiger partial charge >= 0.3 is 5.97 Å². The zero-order valence-corrected chi connectivity index (χ0v) is 9.10. The third kappa shape index (κ3) is 4.26. The summed E-state index contributed by atoms with van der Waals surface area (Å²) in [5.41, 5.74) is 6.36. The third-order valence-electron chi connectivity index (χ3n) is 1.87. The molecular formula is C12H12N2O3. The van der Waals surface area contributed by atoms with Crippen molar-refractivity contribution in [1.29, 1.82) is 0 Å². The van der Waals surface area contributed by atoms with Gasteiger partial charge in [-0.25, -0.2) is 4.79 Å². The summed E-state index contributed by atoms with van der Waals surface area (Å²) in [4.78, 5) is 22.5. The topological polar surface area (TPSA) is 81.4 Å². The number of ether oxygens (including phenoxy) is 1. The highest BCUT2D eigenvalue weighted by atomic mass is 16.5. The van der Waals surface area contributed by atoms with Gasteiger partial charge in [0.15, 0.2) is 6.61 Å². The molecule has 5 heteroatoms. The maximum Gasteiger partial charge on any atom is 0.338 e. The van der Waals surface area contributed by atoms with E-state index in [0.717, 1.165) is 0 Å². The summed E-state index contributed by atoms with van der Waals surface area (Å²) >= 11 is 0. The molecule has 0 radical (unpaired) electrons. The molecule has 0 aliphatic rings. The second-order valence-corrected chi connectivity index (χ2v) is 3.18. The van der Waals surface area contributed by atoms with Gasteiger partial charge in [-0.05, 0) is 24.3 Å². The Morgan fingerprint density at radius 1 is 1.35 bits per heavy atom. The zero-order chi connectivity index (χ0) is 12.7. The SMILES string of the molecule is C#CCNC(=O)COC(=O)c1ccc(N)cc1. The standard InChI is InChI=1S/C12H12N2O3/c1-2-7-14-11(15)8-17-12(16)9-3-5-10(13)6-4-9/h1,3-6H,7-8,13H2,(H,14,15). The van der Waals surface area contributed by atoms with Crippen molar-refractivity contribution in [3.05, 3.63) is 29.8 Å². The van der Waals surface area contributed by atoms with Gasteiger partial charge in [0.05, 0.1) is 12.1 Å². The summed E-state index contributed by atoms with van der Waals surface area (Å²) in [7, 11) is 0. The Kier molecular flexibility index (Phi) is 4.58. The van der Waals surface area contributed by atoms with Gasteiger partial charge in [0.1, 0.15) is 0 Å². The molecule has 0 saturated carbocycles. The number of nitrogens with two attached hydrogens (primary N) is 1. The van der Waals surface area contributed by atoms with Crippen LogP contribution in [0.4, 0.5) is 5.69 Å². The summed E-state index contributed by atoms with van der Waals surface area (Å²) < 4.78 is 4.77. The first-order chi connectivity index (χ1) is 8.13. The molecule has 17 heavy (non-hydrogen) atoms. The molecule has 0 aliphatic carbocycles. The van der Waals surface area contributed by atoms with Crippen LogP contribution in [-0.4, -0.2) is 25.0 Å². The van der Waals surface area contributed by atoms with Crippen LogP contribution in [0.1, 0.15) is 10.4 Å². The van der Waals surface area contributed by atoms with Gasteiger partial charge in [0.2, 0.25) is 0 Å². The summed E-state index contributed by atoms with van der Waals surface area (Å²) in [6.07, 6.45) is 4.95. The second-order valence-electron chi connectivity index (χ2n) is 3.18. The molecule has 0 aromatic heterocycles. The van der Waals surface area contributed by atoms with E-state index in [2.05, 4.69) is 11.2 Å². The van der Waals surface area contributed by atoms with Crippen molar-refractivity contribution in [3.8, 4) is 12.3 Å². The molecule has 0 fully saturated rings. The van der Waals surface area contributed by atoms with Crippen molar-refractivity contribution in [1.82, 2.24) is 5.32 Å². The number of esters is 1. The van der Waals surface area contributed by atoms with Crippen molar-refractivity contribution in [2.45, 2.75) is 0 Å². The number of amides is 1. The van der Waals surface area contributed by atoms with Gasteiger partial charge in [-0.3, -0.25) is 4.79 Å². The van der Waals surface area contributed by atoms with E-state index >= 15 is 0 Å². The molecule has 1 aromatic rings. The second kappa shape index (κ2) is 6.18. The molecule has 0 unspecified atom stereocenters. The van der Waals surface area contributed by atoms with Gasteiger partial charge in [-0.15, -0.1) is 6.42 Å². The van der Waals surface area contributed by atoms with E-state index < -0.39 is 11.9 Å². The molecule has 0 aliphatic heterocycles. The smallest absolute Gasteiger partial charge is 0.338 e. The molecule has 0 bridgehead atoms. The van der Waals surface area contributed by atoms with E-state index in [1.165, 1.54) is 12.1 Å². The molecule has 0 saturated heterocycles. The highest BCUT2D eigenvalue weighted by Crippen LogP contribution is 2.06. The molecule has 3 N–H and O–H groups in total. The van der Waals surface area contributed by atoms with Gasteiger partial charge in [0, 0.05) is 5.69 Å². The zero-order valence-electron chi connectivity index (χ0n) is 9.10. The Hall–Kier alpha value is -2.48. The predicted molar refractivity (Wildman–Crippen MR) is 63.0 cm³/mol. The lowest BCUT2D eigenvalue weighted by Crippen LogP contribution is -2.28. The number of rotatable bonds is 4. The first kappa shape index (κ1) is 12.6. The van der Waals surface area contributed by atoms with Gasteiger partial charge < -0.3 is 15.8 Å². The first-order valence-corrected chi connectivity index (χ1v) is 4.86. The van der Waals surface area contributed by atoms with Crippen molar-refractivity contribution < 1.29 is 14.3 Å². The number of hydrogen-bond donors (Lipinski definition) is 2. The van der Waals surface area contributed by atoms with Crippen LogP contribution in [0.5, 0.6) is 0 Å². The lowest BCUT2D eigenvalue weighted by Gasteiger charge is -2.04. The van der Waals surface area contributed by atoms with E-state index in [1.807, 2.05) is 0 Å². The normalized spacial score (nSPS) is 9.12. The van der Waals surface area contributed by atoms with E-state index in [4.69, 9.17) is 16.9 Å². The Morgan fingerprint density at radius 3 is 2.59 bits per heavy atom. The predicted octanol–water partition coefficient (Wildman–Crippen LogP) is 0.175. The molecule has 1 amide bonds. The van der Waals surface area contributed by atoms with Crippen LogP contribution < -0.4 is 11.1 Å². The molecule has 0 spiro atoms. The van der Waals surface area contributed by atoms with Crippen LogP contribution >= 0.6 is 0 Å². The molecule has 5 nitrogen and oxygen atoms in total. The van der Waals surface area contributed by atoms with E-state index in [9.17, 15) is 9.59 Å². The highest BCUT2D eigenvalue weighted by Gasteiger charge is 2.09. The van der Waals surface area contributed by atoms with E-state index in [-0.39, 0.29) is 13.2 Å². The van der Waals surface area contributed by atoms with Gasteiger partial charge in [-0.2, -0.15) is 0 Å². The lowest BCUT2D eigenvalue weighted by molar-refractivity contribution is -0.123. The Balaban J connectivity index is 2.42. The van der Waals surface area contributed by atoms with Crippen LogP contribution in [0.3, 0.4) is 0 Å². The highest BCUT2D eigenvalue weighted by molar-refractivity contribution is 5.91. The van der Waals surface area contributed by atoms with E-state index in [0.29, 0.717) is 11.3 Å². The molecule has 0 atom stereocenters. The molecule has 1 aromatic carbocycles. The fraction of sp³-hybridized carbons (Fsp3) is 0.167. The summed E-state index contributed by atoms with van der Waals surface area (Å²) in [5, 5.41) is 2.38. The average Bonchev–Trinajstić information content (AvgIpc) is 2.34. The fourth-order valence-corrected chi connectivity index (χ4v) is 1.03. The number of anilines is 1.